The quantitative estimate of drug-likeness (QED) is 0.168. The summed E-state index contributed by atoms with van der Waals surface area (Å²) in [6, 6.07) is 25.7. The lowest BCUT2D eigenvalue weighted by atomic mass is 9.86. The highest BCUT2D eigenvalue weighted by Crippen LogP contribution is 2.39. The first kappa shape index (κ1) is 22.9. The van der Waals surface area contributed by atoms with Gasteiger partial charge in [0.25, 0.3) is 0 Å². The molecule has 0 aliphatic carbocycles. The molecule has 0 atom stereocenters. The summed E-state index contributed by atoms with van der Waals surface area (Å²) in [7, 11) is 0. The van der Waals surface area contributed by atoms with Gasteiger partial charge in [0.15, 0.2) is 0 Å². The zero-order chi connectivity index (χ0) is 24.8. The van der Waals surface area contributed by atoms with Crippen LogP contribution in [0, 0.1) is 33.5 Å². The summed E-state index contributed by atoms with van der Waals surface area (Å²) >= 11 is 0. The second-order valence-corrected chi connectivity index (χ2v) is 7.65. The molecular weight excluding hydrogens is 436 g/mol. The van der Waals surface area contributed by atoms with Crippen LogP contribution in [0.25, 0.3) is 32.7 Å². The normalized spacial score (nSPS) is 10.0. The van der Waals surface area contributed by atoms with E-state index >= 15 is 0 Å². The second-order valence-electron chi connectivity index (χ2n) is 7.65. The Morgan fingerprint density at radius 3 is 1.86 bits per heavy atom. The number of nitriles is 2. The van der Waals surface area contributed by atoms with E-state index in [2.05, 4.69) is 11.7 Å². The van der Waals surface area contributed by atoms with E-state index in [0.717, 1.165) is 5.56 Å². The van der Waals surface area contributed by atoms with Crippen molar-refractivity contribution in [3.63, 3.8) is 0 Å². The molecule has 0 saturated heterocycles. The van der Waals surface area contributed by atoms with Crippen LogP contribution in [0.5, 0.6) is 0 Å². The Hall–Kier alpha value is -5.25. The van der Waals surface area contributed by atoms with E-state index < -0.39 is 5.97 Å². The Kier molecular flexibility index (Phi) is 6.64. The number of benzene rings is 4. The van der Waals surface area contributed by atoms with Crippen LogP contribution < -0.4 is 0 Å². The predicted molar refractivity (Wildman–Crippen MR) is 135 cm³/mol. The van der Waals surface area contributed by atoms with Crippen molar-refractivity contribution in [1.29, 1.82) is 21.3 Å². The fraction of sp³-hybridized carbons (Fsp3) is 0.0690. The van der Waals surface area contributed by atoms with Crippen molar-refractivity contribution in [1.82, 2.24) is 0 Å². The van der Waals surface area contributed by atoms with Crippen LogP contribution in [0.3, 0.4) is 0 Å². The van der Waals surface area contributed by atoms with Crippen LogP contribution in [0.1, 0.15) is 27.0 Å². The summed E-state index contributed by atoms with van der Waals surface area (Å²) in [5.74, 6) is 3.87. The van der Waals surface area contributed by atoms with Gasteiger partial charge >= 0.3 is 5.97 Å². The molecule has 0 saturated carbocycles. The smallest absolute Gasteiger partial charge is 0.338 e. The number of nitrogens with one attached hydrogen (secondary N) is 2. The van der Waals surface area contributed by atoms with Gasteiger partial charge in [-0.1, -0.05) is 60.7 Å². The molecule has 0 spiro atoms. The standard InChI is InChI=1S/C29H18N4O2/c30-15-21(16-31)27-23-8-4-5-9-24(23)28(22(17-32)18-33)26-14-20(10-11-25(26)27)29(34)35-13-12-19-6-2-1-3-7-19/h1-11,14,30,32H,12-13H2. The van der Waals surface area contributed by atoms with Crippen molar-refractivity contribution in [2.24, 2.45) is 0 Å². The van der Waals surface area contributed by atoms with Crippen LogP contribution in [0.4, 0.5) is 0 Å². The number of fused-ring (bicyclic) bond motifs is 2. The van der Waals surface area contributed by atoms with Gasteiger partial charge in [-0.2, -0.15) is 10.5 Å². The molecule has 4 rings (SSSR count). The van der Waals surface area contributed by atoms with Crippen molar-refractivity contribution in [3.05, 3.63) is 95.1 Å². The Labute approximate surface area is 201 Å². The fourth-order valence-electron chi connectivity index (χ4n) is 4.13. The molecule has 0 aliphatic heterocycles. The fourth-order valence-corrected chi connectivity index (χ4v) is 4.13. The molecule has 6 nitrogen and oxygen atoms in total. The molecule has 6 heteroatoms. The number of allylic oxidation sites excluding steroid dienone is 2. The maximum Gasteiger partial charge on any atom is 0.338 e. The maximum atomic E-state index is 12.8. The van der Waals surface area contributed by atoms with E-state index in [1.165, 1.54) is 0 Å². The van der Waals surface area contributed by atoms with E-state index in [1.807, 2.05) is 42.5 Å². The zero-order valence-corrected chi connectivity index (χ0v) is 18.6. The number of ether oxygens (including phenoxy) is 1. The number of hydrogen-bond acceptors (Lipinski definition) is 6. The molecule has 0 unspecified atom stereocenters. The third-order valence-corrected chi connectivity index (χ3v) is 5.70. The lowest BCUT2D eigenvalue weighted by Gasteiger charge is -2.15. The van der Waals surface area contributed by atoms with Gasteiger partial charge in [0.1, 0.15) is 23.3 Å². The minimum Gasteiger partial charge on any atom is -0.462 e. The van der Waals surface area contributed by atoms with E-state index in [-0.39, 0.29) is 23.3 Å². The Morgan fingerprint density at radius 1 is 0.743 bits per heavy atom. The molecule has 2 N–H and O–H groups in total. The van der Waals surface area contributed by atoms with Gasteiger partial charge in [0.2, 0.25) is 0 Å². The predicted octanol–water partition coefficient (Wildman–Crippen LogP) is 5.70. The second kappa shape index (κ2) is 10.1. The first-order valence-corrected chi connectivity index (χ1v) is 10.7. The average molecular weight is 454 g/mol. The minimum absolute atomic E-state index is 0.00955. The topological polar surface area (TPSA) is 122 Å². The molecule has 0 fully saturated rings. The molecule has 0 radical (unpaired) electrons. The number of rotatable bonds is 6. The van der Waals surface area contributed by atoms with Gasteiger partial charge in [-0.25, -0.2) is 4.79 Å². The van der Waals surface area contributed by atoms with Crippen LogP contribution in [-0.2, 0) is 11.2 Å². The van der Waals surface area contributed by atoms with Gasteiger partial charge in [-0.05, 0) is 51.0 Å². The first-order chi connectivity index (χ1) is 17.1. The van der Waals surface area contributed by atoms with E-state index in [0.29, 0.717) is 39.1 Å². The van der Waals surface area contributed by atoms with Crippen molar-refractivity contribution in [3.8, 4) is 12.1 Å². The third kappa shape index (κ3) is 4.35. The van der Waals surface area contributed by atoms with Crippen molar-refractivity contribution >= 4 is 50.4 Å². The molecular formula is C29H18N4O2. The number of hydrogen-bond donors (Lipinski definition) is 2. The number of carbonyl (C=O) groups excluding carboxylic acids is 1. The Bertz CT molecular complexity index is 1660. The number of nitrogens with zero attached hydrogens (tertiary/aromatic N) is 2. The van der Waals surface area contributed by atoms with Crippen molar-refractivity contribution in [2.45, 2.75) is 6.42 Å². The number of esters is 1. The number of carbonyl (C=O) groups is 1. The molecule has 0 bridgehead atoms. The lowest BCUT2D eigenvalue weighted by Crippen LogP contribution is -2.08. The average Bonchev–Trinajstić information content (AvgIpc) is 2.91. The third-order valence-electron chi connectivity index (χ3n) is 5.70. The minimum atomic E-state index is -0.524. The molecule has 0 heterocycles. The van der Waals surface area contributed by atoms with Crippen LogP contribution >= 0.6 is 0 Å². The summed E-state index contributed by atoms with van der Waals surface area (Å²) in [5.41, 5.74) is 2.24. The van der Waals surface area contributed by atoms with Gasteiger partial charge in [0, 0.05) is 17.5 Å². The largest absolute Gasteiger partial charge is 0.462 e. The molecule has 4 aromatic rings. The maximum absolute atomic E-state index is 12.8. The van der Waals surface area contributed by atoms with E-state index in [4.69, 9.17) is 15.6 Å². The van der Waals surface area contributed by atoms with Crippen LogP contribution in [0.2, 0.25) is 0 Å². The summed E-state index contributed by atoms with van der Waals surface area (Å²) in [6.45, 7) is 0.204. The summed E-state index contributed by atoms with van der Waals surface area (Å²) in [4.78, 5) is 12.8. The molecule has 35 heavy (non-hydrogen) atoms. The summed E-state index contributed by atoms with van der Waals surface area (Å²) in [5, 5.41) is 36.9. The molecule has 166 valence electrons. The molecule has 0 aliphatic rings. The van der Waals surface area contributed by atoms with E-state index in [9.17, 15) is 15.3 Å². The molecule has 0 aromatic heterocycles. The lowest BCUT2D eigenvalue weighted by molar-refractivity contribution is 0.0509. The highest BCUT2D eigenvalue weighted by molar-refractivity contribution is 6.23. The van der Waals surface area contributed by atoms with E-state index in [1.54, 1.807) is 42.5 Å². The monoisotopic (exact) mass is 454 g/mol. The van der Waals surface area contributed by atoms with Crippen molar-refractivity contribution < 1.29 is 9.53 Å². The Morgan fingerprint density at radius 2 is 1.29 bits per heavy atom. The molecule has 4 aromatic carbocycles. The molecule has 0 amide bonds. The van der Waals surface area contributed by atoms with Gasteiger partial charge in [-0.15, -0.1) is 0 Å². The van der Waals surface area contributed by atoms with Gasteiger partial charge in [0.05, 0.1) is 12.2 Å². The summed E-state index contributed by atoms with van der Waals surface area (Å²) in [6.07, 6.45) is 0.574. The van der Waals surface area contributed by atoms with Crippen LogP contribution in [-0.4, -0.2) is 24.3 Å². The first-order valence-electron chi connectivity index (χ1n) is 10.7. The van der Waals surface area contributed by atoms with Gasteiger partial charge < -0.3 is 4.74 Å². The summed E-state index contributed by atoms with van der Waals surface area (Å²) < 4.78 is 5.48. The highest BCUT2D eigenvalue weighted by Gasteiger charge is 2.21. The SMILES string of the molecule is N#CC(=C=N)c1c2ccccc2c(C(=C=N)C#N)c2cc(C(=O)OCCc3ccccc3)ccc12. The highest BCUT2D eigenvalue weighted by atomic mass is 16.5. The zero-order valence-electron chi connectivity index (χ0n) is 18.6. The van der Waals surface area contributed by atoms with Crippen LogP contribution in [0.15, 0.2) is 72.8 Å². The van der Waals surface area contributed by atoms with Gasteiger partial charge in [-0.3, -0.25) is 10.8 Å². The van der Waals surface area contributed by atoms with Crippen molar-refractivity contribution in [2.75, 3.05) is 6.61 Å². The Balaban J connectivity index is 1.89.